The molecule has 0 aliphatic heterocycles. The van der Waals surface area contributed by atoms with E-state index >= 15 is 0 Å². The zero-order valence-electron chi connectivity index (χ0n) is 9.20. The van der Waals surface area contributed by atoms with E-state index in [1.165, 1.54) is 6.07 Å². The highest BCUT2D eigenvalue weighted by Crippen LogP contribution is 2.24. The van der Waals surface area contributed by atoms with Crippen molar-refractivity contribution in [3.8, 4) is 11.1 Å². The van der Waals surface area contributed by atoms with Gasteiger partial charge >= 0.3 is 0 Å². The first kappa shape index (κ1) is 10.8. The monoisotopic (exact) mass is 215 g/mol. The summed E-state index contributed by atoms with van der Waals surface area (Å²) in [6.07, 6.45) is 0. The van der Waals surface area contributed by atoms with E-state index in [4.69, 9.17) is 5.73 Å². The van der Waals surface area contributed by atoms with Crippen molar-refractivity contribution in [2.75, 3.05) is 0 Å². The second-order valence-corrected chi connectivity index (χ2v) is 3.89. The largest absolute Gasteiger partial charge is 0.326 e. The molecule has 0 saturated carbocycles. The van der Waals surface area contributed by atoms with Gasteiger partial charge in [-0.1, -0.05) is 42.0 Å². The lowest BCUT2D eigenvalue weighted by atomic mass is 10.0. The van der Waals surface area contributed by atoms with Gasteiger partial charge < -0.3 is 5.73 Å². The number of nitrogens with two attached hydrogens (primary N) is 1. The van der Waals surface area contributed by atoms with E-state index in [0.29, 0.717) is 12.1 Å². The standard InChI is InChI=1S/C14H14FN/c1-10-3-2-4-12(7-10)13-6-5-11(9-16)8-14(13)15/h2-8H,9,16H2,1H3. The molecule has 0 aromatic heterocycles. The Morgan fingerprint density at radius 2 is 1.94 bits per heavy atom. The highest BCUT2D eigenvalue weighted by Gasteiger charge is 2.05. The van der Waals surface area contributed by atoms with Gasteiger partial charge in [0.15, 0.2) is 0 Å². The van der Waals surface area contributed by atoms with Crippen LogP contribution >= 0.6 is 0 Å². The van der Waals surface area contributed by atoms with E-state index in [1.54, 1.807) is 6.07 Å². The first-order chi connectivity index (χ1) is 7.70. The quantitative estimate of drug-likeness (QED) is 0.817. The maximum absolute atomic E-state index is 13.8. The molecule has 2 aromatic rings. The lowest BCUT2D eigenvalue weighted by molar-refractivity contribution is 0.629. The van der Waals surface area contributed by atoms with E-state index in [0.717, 1.165) is 16.7 Å². The summed E-state index contributed by atoms with van der Waals surface area (Å²) in [7, 11) is 0. The fraction of sp³-hybridized carbons (Fsp3) is 0.143. The van der Waals surface area contributed by atoms with Crippen molar-refractivity contribution in [1.29, 1.82) is 0 Å². The Bertz CT molecular complexity index is 506. The van der Waals surface area contributed by atoms with Gasteiger partial charge in [-0.05, 0) is 24.1 Å². The number of halogens is 1. The Balaban J connectivity index is 2.48. The van der Waals surface area contributed by atoms with Gasteiger partial charge in [-0.15, -0.1) is 0 Å². The minimum atomic E-state index is -0.214. The van der Waals surface area contributed by atoms with Crippen molar-refractivity contribution >= 4 is 0 Å². The molecule has 0 atom stereocenters. The van der Waals surface area contributed by atoms with Gasteiger partial charge in [0.25, 0.3) is 0 Å². The summed E-state index contributed by atoms with van der Waals surface area (Å²) in [4.78, 5) is 0. The van der Waals surface area contributed by atoms with Crippen LogP contribution in [-0.2, 0) is 6.54 Å². The van der Waals surface area contributed by atoms with Crippen molar-refractivity contribution < 1.29 is 4.39 Å². The van der Waals surface area contributed by atoms with Crippen LogP contribution in [0.2, 0.25) is 0 Å². The molecule has 0 heterocycles. The molecule has 0 fully saturated rings. The van der Waals surface area contributed by atoms with Crippen molar-refractivity contribution in [3.63, 3.8) is 0 Å². The molecule has 0 aliphatic rings. The molecule has 0 unspecified atom stereocenters. The van der Waals surface area contributed by atoms with Crippen LogP contribution in [0.5, 0.6) is 0 Å². The van der Waals surface area contributed by atoms with E-state index in [-0.39, 0.29) is 5.82 Å². The molecular weight excluding hydrogens is 201 g/mol. The Kier molecular flexibility index (Phi) is 3.02. The molecule has 0 radical (unpaired) electrons. The second kappa shape index (κ2) is 4.45. The number of hydrogen-bond donors (Lipinski definition) is 1. The second-order valence-electron chi connectivity index (χ2n) is 3.89. The van der Waals surface area contributed by atoms with E-state index in [1.807, 2.05) is 37.3 Å². The third kappa shape index (κ3) is 2.12. The van der Waals surface area contributed by atoms with E-state index in [9.17, 15) is 4.39 Å². The van der Waals surface area contributed by atoms with Crippen LogP contribution < -0.4 is 5.73 Å². The summed E-state index contributed by atoms with van der Waals surface area (Å²) >= 11 is 0. The Morgan fingerprint density at radius 1 is 1.12 bits per heavy atom. The van der Waals surface area contributed by atoms with Gasteiger partial charge in [-0.2, -0.15) is 0 Å². The predicted octanol–water partition coefficient (Wildman–Crippen LogP) is 3.26. The molecule has 2 N–H and O–H groups in total. The lowest BCUT2D eigenvalue weighted by Gasteiger charge is -2.06. The average molecular weight is 215 g/mol. The Hall–Kier alpha value is -1.67. The first-order valence-corrected chi connectivity index (χ1v) is 5.26. The lowest BCUT2D eigenvalue weighted by Crippen LogP contribution is -1.97. The molecule has 82 valence electrons. The van der Waals surface area contributed by atoms with E-state index in [2.05, 4.69) is 0 Å². The van der Waals surface area contributed by atoms with Gasteiger partial charge in [-0.25, -0.2) is 4.39 Å². The summed E-state index contributed by atoms with van der Waals surface area (Å²) in [5, 5.41) is 0. The highest BCUT2D eigenvalue weighted by molar-refractivity contribution is 5.65. The van der Waals surface area contributed by atoms with Crippen LogP contribution in [0.1, 0.15) is 11.1 Å². The summed E-state index contributed by atoms with van der Waals surface area (Å²) < 4.78 is 13.8. The molecule has 0 spiro atoms. The third-order valence-electron chi connectivity index (χ3n) is 2.60. The summed E-state index contributed by atoms with van der Waals surface area (Å²) in [5.74, 6) is -0.214. The normalized spacial score (nSPS) is 10.4. The summed E-state index contributed by atoms with van der Waals surface area (Å²) in [6.45, 7) is 2.36. The van der Waals surface area contributed by atoms with Gasteiger partial charge in [0.1, 0.15) is 5.82 Å². The number of benzene rings is 2. The molecular formula is C14H14FN. The van der Waals surface area contributed by atoms with Crippen LogP contribution in [0.3, 0.4) is 0 Å². The van der Waals surface area contributed by atoms with Crippen LogP contribution in [0.15, 0.2) is 42.5 Å². The van der Waals surface area contributed by atoms with Crippen molar-refractivity contribution in [2.45, 2.75) is 13.5 Å². The van der Waals surface area contributed by atoms with Crippen LogP contribution in [0, 0.1) is 12.7 Å². The number of rotatable bonds is 2. The molecule has 2 aromatic carbocycles. The maximum Gasteiger partial charge on any atom is 0.131 e. The Labute approximate surface area is 94.7 Å². The molecule has 2 rings (SSSR count). The van der Waals surface area contributed by atoms with Crippen molar-refractivity contribution in [2.24, 2.45) is 5.73 Å². The third-order valence-corrected chi connectivity index (χ3v) is 2.60. The fourth-order valence-electron chi connectivity index (χ4n) is 1.73. The Morgan fingerprint density at radius 3 is 2.56 bits per heavy atom. The molecule has 0 bridgehead atoms. The van der Waals surface area contributed by atoms with Gasteiger partial charge in [0.2, 0.25) is 0 Å². The summed E-state index contributed by atoms with van der Waals surface area (Å²) in [5.41, 5.74) is 8.93. The first-order valence-electron chi connectivity index (χ1n) is 5.26. The van der Waals surface area contributed by atoms with Crippen LogP contribution in [0.25, 0.3) is 11.1 Å². The van der Waals surface area contributed by atoms with Gasteiger partial charge in [0, 0.05) is 12.1 Å². The summed E-state index contributed by atoms with van der Waals surface area (Å²) in [6, 6.07) is 13.0. The zero-order valence-corrected chi connectivity index (χ0v) is 9.20. The minimum Gasteiger partial charge on any atom is -0.326 e. The number of aryl methyl sites for hydroxylation is 1. The van der Waals surface area contributed by atoms with Crippen molar-refractivity contribution in [3.05, 3.63) is 59.4 Å². The number of hydrogen-bond acceptors (Lipinski definition) is 1. The molecule has 1 nitrogen and oxygen atoms in total. The maximum atomic E-state index is 13.8. The zero-order chi connectivity index (χ0) is 11.5. The van der Waals surface area contributed by atoms with Crippen LogP contribution in [-0.4, -0.2) is 0 Å². The predicted molar refractivity (Wildman–Crippen MR) is 64.5 cm³/mol. The van der Waals surface area contributed by atoms with Crippen molar-refractivity contribution in [1.82, 2.24) is 0 Å². The molecule has 16 heavy (non-hydrogen) atoms. The molecule has 0 saturated heterocycles. The van der Waals surface area contributed by atoms with Crippen LogP contribution in [0.4, 0.5) is 4.39 Å². The molecule has 0 amide bonds. The molecule has 0 aliphatic carbocycles. The smallest absolute Gasteiger partial charge is 0.131 e. The minimum absolute atomic E-state index is 0.214. The van der Waals surface area contributed by atoms with E-state index < -0.39 is 0 Å². The highest BCUT2D eigenvalue weighted by atomic mass is 19.1. The van der Waals surface area contributed by atoms with Gasteiger partial charge in [-0.3, -0.25) is 0 Å². The van der Waals surface area contributed by atoms with Gasteiger partial charge in [0.05, 0.1) is 0 Å². The topological polar surface area (TPSA) is 26.0 Å². The molecule has 2 heteroatoms. The average Bonchev–Trinajstić information content (AvgIpc) is 2.28. The fourth-order valence-corrected chi connectivity index (χ4v) is 1.73. The SMILES string of the molecule is Cc1cccc(-c2ccc(CN)cc2F)c1.